The quantitative estimate of drug-likeness (QED) is 0.0861. The molecule has 0 spiro atoms. The molecule has 0 saturated carbocycles. The predicted octanol–water partition coefficient (Wildman–Crippen LogP) is 13.4. The van der Waals surface area contributed by atoms with Crippen LogP contribution in [0, 0.1) is 18.8 Å². The van der Waals surface area contributed by atoms with Crippen molar-refractivity contribution in [2.24, 2.45) is 0 Å². The summed E-state index contributed by atoms with van der Waals surface area (Å²) in [6.07, 6.45) is 1.96. The van der Waals surface area contributed by atoms with Gasteiger partial charge in [0.05, 0.1) is 0 Å². The standard InChI is InChI=1S/C64H63N4Si.Pt/c1-44-45(2)67(52-38-49(63(6,7)8)37-50(39-52)64(9,10)11)43-66(44)51-35-47(46-23-15-12-16-24-46)36-56(41-51)69(53-25-17-13-18-26-53,54-27-19-14-20-28-54)55-31-32-58-57-29-21-22-30-59(57)68(60(58)42-55)61-40-48(33-34-65-61)62(3,4)5;/h12-40,43H,1-11H3;/q-3;. The van der Waals surface area contributed by atoms with Crippen LogP contribution in [-0.2, 0) is 37.3 Å². The monoisotopic (exact) mass is 1110 g/mol. The Hall–Kier alpha value is -6.26. The second-order valence-corrected chi connectivity index (χ2v) is 25.7. The van der Waals surface area contributed by atoms with Crippen LogP contribution in [0.4, 0.5) is 11.4 Å². The Kier molecular flexibility index (Phi) is 12.9. The SMILES string of the molecule is CC1=C(C)N(c2cc(C(C)(C)C)cc(C(C)(C)C)c2)[CH-]N1c1[c-]c([Si](c2[c-]c3c(cc2)c2ccccc2n3-c2cc(C(C)(C)C)ccn2)(c2ccccc2)c2ccccc2)cc(-c2ccccc2)c1.[Pt]. The van der Waals surface area contributed by atoms with Gasteiger partial charge < -0.3 is 14.4 Å². The summed E-state index contributed by atoms with van der Waals surface area (Å²) >= 11 is 0. The van der Waals surface area contributed by atoms with Gasteiger partial charge in [-0.3, -0.25) is 0 Å². The number of anilines is 2. The summed E-state index contributed by atoms with van der Waals surface area (Å²) in [5.74, 6) is 0.892. The molecule has 70 heavy (non-hydrogen) atoms. The van der Waals surface area contributed by atoms with Crippen molar-refractivity contribution in [3.63, 3.8) is 0 Å². The molecule has 0 saturated heterocycles. The van der Waals surface area contributed by atoms with Crippen molar-refractivity contribution in [1.29, 1.82) is 0 Å². The number of rotatable bonds is 8. The smallest absolute Gasteiger partial charge is 0.135 e. The maximum atomic E-state index is 5.07. The van der Waals surface area contributed by atoms with Crippen molar-refractivity contribution >= 4 is 62.0 Å². The Morgan fingerprint density at radius 1 is 0.486 bits per heavy atom. The first-order valence-electron chi connectivity index (χ1n) is 24.4. The van der Waals surface area contributed by atoms with Crippen molar-refractivity contribution in [3.05, 3.63) is 223 Å². The zero-order valence-corrected chi connectivity index (χ0v) is 45.7. The largest absolute Gasteiger partial charge is 0.497 e. The zero-order chi connectivity index (χ0) is 48.5. The first-order chi connectivity index (χ1) is 32.9. The van der Waals surface area contributed by atoms with E-state index in [1.165, 1.54) is 43.8 Å². The van der Waals surface area contributed by atoms with Gasteiger partial charge >= 0.3 is 0 Å². The van der Waals surface area contributed by atoms with E-state index in [9.17, 15) is 0 Å². The molecule has 0 atom stereocenters. The average molecular weight is 1110 g/mol. The maximum Gasteiger partial charge on any atom is 0.135 e. The molecule has 0 N–H and O–H groups in total. The molecule has 0 unspecified atom stereocenters. The fraction of sp³-hybridized carbons (Fsp3) is 0.219. The molecule has 0 aliphatic carbocycles. The van der Waals surface area contributed by atoms with Crippen LogP contribution in [0.25, 0.3) is 38.8 Å². The molecule has 3 heterocycles. The Morgan fingerprint density at radius 3 is 1.64 bits per heavy atom. The number of aromatic nitrogens is 2. The van der Waals surface area contributed by atoms with Crippen LogP contribution in [0.3, 0.4) is 0 Å². The van der Waals surface area contributed by atoms with Crippen LogP contribution in [0.2, 0.25) is 0 Å². The first kappa shape index (κ1) is 48.7. The number of fused-ring (bicyclic) bond motifs is 3. The van der Waals surface area contributed by atoms with Crippen molar-refractivity contribution in [3.8, 4) is 16.9 Å². The molecule has 9 aromatic rings. The van der Waals surface area contributed by atoms with Crippen molar-refractivity contribution < 1.29 is 21.1 Å². The summed E-state index contributed by atoms with van der Waals surface area (Å²) in [6, 6.07) is 71.4. The van der Waals surface area contributed by atoms with Crippen molar-refractivity contribution in [2.75, 3.05) is 9.80 Å². The van der Waals surface area contributed by atoms with Gasteiger partial charge in [0.2, 0.25) is 0 Å². The van der Waals surface area contributed by atoms with E-state index in [4.69, 9.17) is 4.98 Å². The second kappa shape index (κ2) is 18.5. The van der Waals surface area contributed by atoms with Crippen molar-refractivity contribution in [1.82, 2.24) is 9.55 Å². The summed E-state index contributed by atoms with van der Waals surface area (Å²) in [5.41, 5.74) is 12.8. The van der Waals surface area contributed by atoms with Gasteiger partial charge in [-0.2, -0.15) is 40.7 Å². The first-order valence-corrected chi connectivity index (χ1v) is 26.4. The number of benzene rings is 7. The number of pyridine rings is 1. The third kappa shape index (κ3) is 8.71. The van der Waals surface area contributed by atoms with Gasteiger partial charge in [-0.25, -0.2) is 4.98 Å². The molecule has 1 aliphatic heterocycles. The second-order valence-electron chi connectivity index (χ2n) is 22.0. The van der Waals surface area contributed by atoms with Gasteiger partial charge in [-0.1, -0.05) is 183 Å². The number of nitrogens with zero attached hydrogens (tertiary/aromatic N) is 4. The van der Waals surface area contributed by atoms with Crippen LogP contribution >= 0.6 is 0 Å². The van der Waals surface area contributed by atoms with Crippen LogP contribution in [0.1, 0.15) is 92.9 Å². The van der Waals surface area contributed by atoms with Gasteiger partial charge in [0.25, 0.3) is 0 Å². The van der Waals surface area contributed by atoms with E-state index in [2.05, 4.69) is 279 Å². The van der Waals surface area contributed by atoms with E-state index in [-0.39, 0.29) is 37.3 Å². The van der Waals surface area contributed by atoms with Crippen molar-refractivity contribution in [2.45, 2.75) is 92.4 Å². The molecule has 2 aromatic heterocycles. The molecule has 6 heteroatoms. The Bertz CT molecular complexity index is 3320. The molecule has 7 aromatic carbocycles. The van der Waals surface area contributed by atoms with Gasteiger partial charge in [0.1, 0.15) is 13.9 Å². The number of hydrogen-bond donors (Lipinski definition) is 0. The van der Waals surface area contributed by atoms with Crippen LogP contribution in [0.5, 0.6) is 0 Å². The predicted molar refractivity (Wildman–Crippen MR) is 295 cm³/mol. The van der Waals surface area contributed by atoms with Gasteiger partial charge in [-0.15, -0.1) is 29.4 Å². The fourth-order valence-electron chi connectivity index (χ4n) is 10.1. The third-order valence-electron chi connectivity index (χ3n) is 14.3. The van der Waals surface area contributed by atoms with E-state index < -0.39 is 8.07 Å². The summed E-state index contributed by atoms with van der Waals surface area (Å²) in [5, 5.41) is 7.17. The molecule has 10 rings (SSSR count). The van der Waals surface area contributed by atoms with Gasteiger partial charge in [-0.05, 0) is 98.4 Å². The van der Waals surface area contributed by atoms with E-state index >= 15 is 0 Å². The molecule has 0 fully saturated rings. The fourth-order valence-corrected chi connectivity index (χ4v) is 14.7. The summed E-state index contributed by atoms with van der Waals surface area (Å²) in [6.45, 7) is 27.4. The Morgan fingerprint density at radius 2 is 1.04 bits per heavy atom. The van der Waals surface area contributed by atoms with Gasteiger partial charge in [0, 0.05) is 49.9 Å². The summed E-state index contributed by atoms with van der Waals surface area (Å²) in [4.78, 5) is 9.81. The zero-order valence-electron chi connectivity index (χ0n) is 42.4. The molecular weight excluding hydrogens is 1050 g/mol. The molecule has 4 nitrogen and oxygen atoms in total. The molecule has 0 bridgehead atoms. The summed E-state index contributed by atoms with van der Waals surface area (Å²) < 4.78 is 2.33. The van der Waals surface area contributed by atoms with E-state index in [0.29, 0.717) is 0 Å². The van der Waals surface area contributed by atoms with Crippen LogP contribution < -0.4 is 30.5 Å². The molecular formula is C64H63N4PtSi-3. The molecule has 356 valence electrons. The van der Waals surface area contributed by atoms with Crippen LogP contribution in [0.15, 0.2) is 187 Å². The normalized spacial score (nSPS) is 13.6. The number of para-hydroxylation sites is 1. The third-order valence-corrected chi connectivity index (χ3v) is 18.8. The minimum absolute atomic E-state index is 0. The minimum Gasteiger partial charge on any atom is -0.497 e. The Labute approximate surface area is 432 Å². The molecule has 0 radical (unpaired) electrons. The van der Waals surface area contributed by atoms with Crippen LogP contribution in [-0.4, -0.2) is 17.6 Å². The number of hydrogen-bond acceptors (Lipinski definition) is 3. The van der Waals surface area contributed by atoms with E-state index in [1.807, 2.05) is 6.20 Å². The maximum absolute atomic E-state index is 5.07. The minimum atomic E-state index is -3.27. The average Bonchev–Trinajstić information content (AvgIpc) is 3.84. The Balaban J connectivity index is 0.00000608. The molecule has 1 aliphatic rings. The van der Waals surface area contributed by atoms with E-state index in [0.717, 1.165) is 55.1 Å². The summed E-state index contributed by atoms with van der Waals surface area (Å²) in [7, 11) is -3.27. The number of allylic oxidation sites excluding steroid dienone is 2. The molecule has 0 amide bonds. The van der Waals surface area contributed by atoms with E-state index in [1.54, 1.807) is 0 Å². The topological polar surface area (TPSA) is 24.3 Å². The van der Waals surface area contributed by atoms with Gasteiger partial charge in [0.15, 0.2) is 0 Å².